The van der Waals surface area contributed by atoms with E-state index in [1.807, 2.05) is 13.1 Å². The smallest absolute Gasteiger partial charge is 0.409 e. The lowest BCUT2D eigenvalue weighted by molar-refractivity contribution is 0.0620. The molecule has 0 aliphatic carbocycles. The summed E-state index contributed by atoms with van der Waals surface area (Å²) in [5, 5.41) is 0. The summed E-state index contributed by atoms with van der Waals surface area (Å²) in [4.78, 5) is 15.5. The Labute approximate surface area is 112 Å². The largest absolute Gasteiger partial charge is 0.450 e. The van der Waals surface area contributed by atoms with Crippen LogP contribution < -0.4 is 0 Å². The van der Waals surface area contributed by atoms with Gasteiger partial charge in [-0.05, 0) is 20.0 Å². The van der Waals surface area contributed by atoms with Gasteiger partial charge in [-0.1, -0.05) is 18.2 Å². The first-order valence-electron chi connectivity index (χ1n) is 6.49. The number of piperazine rings is 1. The fourth-order valence-corrected chi connectivity index (χ4v) is 2.34. The van der Waals surface area contributed by atoms with Crippen molar-refractivity contribution in [2.24, 2.45) is 0 Å². The Kier molecular flexibility index (Phi) is 4.37. The molecular formula is C14H19FN2O2. The van der Waals surface area contributed by atoms with Crippen LogP contribution in [0.5, 0.6) is 0 Å². The van der Waals surface area contributed by atoms with Crippen molar-refractivity contribution in [2.75, 3.05) is 33.3 Å². The van der Waals surface area contributed by atoms with Crippen molar-refractivity contribution in [2.45, 2.75) is 13.0 Å². The molecule has 0 spiro atoms. The zero-order valence-electron chi connectivity index (χ0n) is 11.3. The summed E-state index contributed by atoms with van der Waals surface area (Å²) < 4.78 is 18.9. The Hall–Kier alpha value is -1.62. The van der Waals surface area contributed by atoms with Gasteiger partial charge in [0.2, 0.25) is 0 Å². The quantitative estimate of drug-likeness (QED) is 0.823. The fraction of sp³-hybridized carbons (Fsp3) is 0.500. The zero-order valence-corrected chi connectivity index (χ0v) is 11.3. The van der Waals surface area contributed by atoms with Gasteiger partial charge in [0.1, 0.15) is 5.82 Å². The van der Waals surface area contributed by atoms with E-state index in [1.165, 1.54) is 6.07 Å². The number of likely N-dealkylation sites (N-methyl/N-ethyl adjacent to an activating group) is 1. The van der Waals surface area contributed by atoms with Crippen LogP contribution in [0.3, 0.4) is 0 Å². The second-order valence-corrected chi connectivity index (χ2v) is 4.66. The predicted molar refractivity (Wildman–Crippen MR) is 70.4 cm³/mol. The molecule has 1 saturated heterocycles. The SMILES string of the molecule is CCOC(=O)N1CCN(C)C(c2ccccc2F)C1. The highest BCUT2D eigenvalue weighted by Crippen LogP contribution is 2.26. The number of hydrogen-bond acceptors (Lipinski definition) is 3. The molecule has 1 aromatic rings. The molecule has 1 atom stereocenters. The Morgan fingerprint density at radius 1 is 1.42 bits per heavy atom. The van der Waals surface area contributed by atoms with Crippen molar-refractivity contribution in [3.63, 3.8) is 0 Å². The summed E-state index contributed by atoms with van der Waals surface area (Å²) in [7, 11) is 1.94. The number of amides is 1. The molecular weight excluding hydrogens is 247 g/mol. The van der Waals surface area contributed by atoms with Gasteiger partial charge < -0.3 is 9.64 Å². The molecule has 1 aliphatic heterocycles. The van der Waals surface area contributed by atoms with E-state index in [0.29, 0.717) is 31.8 Å². The molecule has 1 amide bonds. The zero-order chi connectivity index (χ0) is 13.8. The number of rotatable bonds is 2. The second kappa shape index (κ2) is 6.02. The summed E-state index contributed by atoms with van der Waals surface area (Å²) in [6, 6.07) is 6.58. The molecule has 19 heavy (non-hydrogen) atoms. The highest BCUT2D eigenvalue weighted by Gasteiger charge is 2.30. The third-order valence-electron chi connectivity index (χ3n) is 3.44. The normalized spacial score (nSPS) is 20.4. The van der Waals surface area contributed by atoms with Crippen LogP contribution in [0.15, 0.2) is 24.3 Å². The average Bonchev–Trinajstić information content (AvgIpc) is 2.40. The van der Waals surface area contributed by atoms with Gasteiger partial charge in [-0.2, -0.15) is 0 Å². The molecule has 1 unspecified atom stereocenters. The standard InChI is InChI=1S/C14H19FN2O2/c1-3-19-14(18)17-9-8-16(2)13(10-17)11-6-4-5-7-12(11)15/h4-7,13H,3,8-10H2,1-2H3. The van der Waals surface area contributed by atoms with Crippen LogP contribution in [0.25, 0.3) is 0 Å². The van der Waals surface area contributed by atoms with Gasteiger partial charge in [0, 0.05) is 25.2 Å². The molecule has 0 aromatic heterocycles. The summed E-state index contributed by atoms with van der Waals surface area (Å²) in [5.74, 6) is -0.231. The average molecular weight is 266 g/mol. The van der Waals surface area contributed by atoms with Gasteiger partial charge in [-0.15, -0.1) is 0 Å². The highest BCUT2D eigenvalue weighted by atomic mass is 19.1. The molecule has 1 fully saturated rings. The van der Waals surface area contributed by atoms with Gasteiger partial charge >= 0.3 is 6.09 Å². The number of carbonyl (C=O) groups excluding carboxylic acids is 1. The first kappa shape index (κ1) is 13.8. The van der Waals surface area contributed by atoms with Crippen LogP contribution in [0.2, 0.25) is 0 Å². The van der Waals surface area contributed by atoms with Crippen molar-refractivity contribution in [3.05, 3.63) is 35.6 Å². The molecule has 0 radical (unpaired) electrons. The number of nitrogens with zero attached hydrogens (tertiary/aromatic N) is 2. The van der Waals surface area contributed by atoms with E-state index in [1.54, 1.807) is 24.0 Å². The minimum Gasteiger partial charge on any atom is -0.450 e. The molecule has 0 N–H and O–H groups in total. The van der Waals surface area contributed by atoms with E-state index >= 15 is 0 Å². The van der Waals surface area contributed by atoms with E-state index in [0.717, 1.165) is 0 Å². The van der Waals surface area contributed by atoms with E-state index in [9.17, 15) is 9.18 Å². The maximum absolute atomic E-state index is 13.9. The van der Waals surface area contributed by atoms with Gasteiger partial charge in [-0.3, -0.25) is 4.90 Å². The molecule has 1 aliphatic rings. The topological polar surface area (TPSA) is 32.8 Å². The maximum Gasteiger partial charge on any atom is 0.409 e. The van der Waals surface area contributed by atoms with Crippen molar-refractivity contribution in [1.82, 2.24) is 9.80 Å². The molecule has 1 heterocycles. The van der Waals surface area contributed by atoms with Crippen molar-refractivity contribution in [3.8, 4) is 0 Å². The third-order valence-corrected chi connectivity index (χ3v) is 3.44. The van der Waals surface area contributed by atoms with Crippen molar-refractivity contribution in [1.29, 1.82) is 0 Å². The maximum atomic E-state index is 13.9. The minimum atomic E-state index is -0.322. The second-order valence-electron chi connectivity index (χ2n) is 4.66. The lowest BCUT2D eigenvalue weighted by atomic mass is 10.0. The van der Waals surface area contributed by atoms with Crippen LogP contribution in [0.1, 0.15) is 18.5 Å². The van der Waals surface area contributed by atoms with E-state index < -0.39 is 0 Å². The van der Waals surface area contributed by atoms with E-state index in [2.05, 4.69) is 4.90 Å². The predicted octanol–water partition coefficient (Wildman–Crippen LogP) is 2.27. The Morgan fingerprint density at radius 2 is 2.16 bits per heavy atom. The summed E-state index contributed by atoms with van der Waals surface area (Å²) in [6.45, 7) is 3.91. The summed E-state index contributed by atoms with van der Waals surface area (Å²) >= 11 is 0. The van der Waals surface area contributed by atoms with Crippen LogP contribution in [0, 0.1) is 5.82 Å². The number of halogens is 1. The highest BCUT2D eigenvalue weighted by molar-refractivity contribution is 5.67. The van der Waals surface area contributed by atoms with Crippen LogP contribution in [-0.4, -0.2) is 49.2 Å². The fourth-order valence-electron chi connectivity index (χ4n) is 2.34. The van der Waals surface area contributed by atoms with Crippen molar-refractivity contribution < 1.29 is 13.9 Å². The molecule has 1 aromatic carbocycles. The number of benzene rings is 1. The Morgan fingerprint density at radius 3 is 2.84 bits per heavy atom. The van der Waals surface area contributed by atoms with Crippen LogP contribution in [-0.2, 0) is 4.74 Å². The molecule has 5 heteroatoms. The molecule has 0 saturated carbocycles. The first-order valence-corrected chi connectivity index (χ1v) is 6.49. The monoisotopic (exact) mass is 266 g/mol. The van der Waals surface area contributed by atoms with Crippen LogP contribution >= 0.6 is 0 Å². The van der Waals surface area contributed by atoms with Gasteiger partial charge in [0.05, 0.1) is 12.6 Å². The van der Waals surface area contributed by atoms with Gasteiger partial charge in [0.25, 0.3) is 0 Å². The number of hydrogen-bond donors (Lipinski definition) is 0. The summed E-state index contributed by atoms with van der Waals surface area (Å²) in [6.07, 6.45) is -0.322. The van der Waals surface area contributed by atoms with Crippen LogP contribution in [0.4, 0.5) is 9.18 Å². The van der Waals surface area contributed by atoms with Gasteiger partial charge in [-0.25, -0.2) is 9.18 Å². The molecule has 0 bridgehead atoms. The van der Waals surface area contributed by atoms with E-state index in [4.69, 9.17) is 4.74 Å². The number of carbonyl (C=O) groups is 1. The number of ether oxygens (including phenoxy) is 1. The molecule has 104 valence electrons. The Bertz CT molecular complexity index is 453. The summed E-state index contributed by atoms with van der Waals surface area (Å²) in [5.41, 5.74) is 0.624. The van der Waals surface area contributed by atoms with E-state index in [-0.39, 0.29) is 18.0 Å². The lowest BCUT2D eigenvalue weighted by Gasteiger charge is -2.39. The first-order chi connectivity index (χ1) is 9.13. The third kappa shape index (κ3) is 3.04. The lowest BCUT2D eigenvalue weighted by Crippen LogP contribution is -2.49. The minimum absolute atomic E-state index is 0.126. The molecule has 4 nitrogen and oxygen atoms in total. The molecule has 2 rings (SSSR count). The van der Waals surface area contributed by atoms with Crippen molar-refractivity contribution >= 4 is 6.09 Å². The Balaban J connectivity index is 2.15. The van der Waals surface area contributed by atoms with Gasteiger partial charge in [0.15, 0.2) is 0 Å².